The molecule has 0 aliphatic carbocycles. The molecule has 3 heterocycles. The second-order valence-corrected chi connectivity index (χ2v) is 7.35. The first-order valence-corrected chi connectivity index (χ1v) is 9.60. The lowest BCUT2D eigenvalue weighted by Gasteiger charge is -2.36. The average Bonchev–Trinajstić information content (AvgIpc) is 3.13. The van der Waals surface area contributed by atoms with E-state index in [-0.39, 0.29) is 0 Å². The highest BCUT2D eigenvalue weighted by Crippen LogP contribution is 2.21. The summed E-state index contributed by atoms with van der Waals surface area (Å²) < 4.78 is 2.08. The van der Waals surface area contributed by atoms with Crippen LogP contribution in [0.25, 0.3) is 0 Å². The van der Waals surface area contributed by atoms with Crippen molar-refractivity contribution in [2.75, 3.05) is 31.5 Å². The molecule has 25 heavy (non-hydrogen) atoms. The van der Waals surface area contributed by atoms with Crippen LogP contribution in [0.4, 0.5) is 5.82 Å². The van der Waals surface area contributed by atoms with E-state index in [1.165, 1.54) is 30.5 Å². The molecule has 2 aromatic rings. The van der Waals surface area contributed by atoms with E-state index in [0.717, 1.165) is 38.5 Å². The summed E-state index contributed by atoms with van der Waals surface area (Å²) in [7, 11) is 0. The van der Waals surface area contributed by atoms with Crippen LogP contribution in [0, 0.1) is 5.92 Å². The van der Waals surface area contributed by atoms with Crippen molar-refractivity contribution >= 4 is 5.82 Å². The van der Waals surface area contributed by atoms with Gasteiger partial charge in [-0.1, -0.05) is 31.2 Å². The van der Waals surface area contributed by atoms with Crippen molar-refractivity contribution in [3.63, 3.8) is 0 Å². The van der Waals surface area contributed by atoms with Crippen molar-refractivity contribution in [2.24, 2.45) is 5.92 Å². The summed E-state index contributed by atoms with van der Waals surface area (Å²) in [6.07, 6.45) is 4.25. The van der Waals surface area contributed by atoms with Crippen LogP contribution >= 0.6 is 0 Å². The van der Waals surface area contributed by atoms with E-state index in [2.05, 4.69) is 56.5 Å². The second kappa shape index (κ2) is 7.58. The van der Waals surface area contributed by atoms with Gasteiger partial charge in [0.2, 0.25) is 0 Å². The Labute approximate surface area is 150 Å². The van der Waals surface area contributed by atoms with Crippen LogP contribution in [0.5, 0.6) is 0 Å². The number of nitrogens with zero attached hydrogens (tertiary/aromatic N) is 3. The zero-order chi connectivity index (χ0) is 17.1. The molecule has 0 saturated carbocycles. The molecule has 0 saturated heterocycles. The van der Waals surface area contributed by atoms with E-state index >= 15 is 0 Å². The van der Waals surface area contributed by atoms with Crippen LogP contribution in [0.15, 0.2) is 36.5 Å². The predicted molar refractivity (Wildman–Crippen MR) is 102 cm³/mol. The minimum Gasteiger partial charge on any atom is -0.370 e. The highest BCUT2D eigenvalue weighted by molar-refractivity contribution is 5.35. The van der Waals surface area contributed by atoms with Crippen molar-refractivity contribution in [3.8, 4) is 0 Å². The third-order valence-electron chi connectivity index (χ3n) is 5.68. The van der Waals surface area contributed by atoms with Crippen LogP contribution in [0.2, 0.25) is 0 Å². The minimum absolute atomic E-state index is 0.604. The third kappa shape index (κ3) is 3.72. The maximum atomic E-state index is 4.38. The lowest BCUT2D eigenvalue weighted by Crippen LogP contribution is -2.46. The van der Waals surface area contributed by atoms with Crippen molar-refractivity contribution in [2.45, 2.75) is 38.9 Å². The fourth-order valence-electron chi connectivity index (χ4n) is 4.14. The highest BCUT2D eigenvalue weighted by atomic mass is 15.3. The number of hydrogen-bond donors (Lipinski definition) is 2. The van der Waals surface area contributed by atoms with Gasteiger partial charge >= 0.3 is 0 Å². The summed E-state index contributed by atoms with van der Waals surface area (Å²) in [5, 5.41) is 11.6. The number of fused-ring (bicyclic) bond motifs is 2. The SMILES string of the molecule is CCC(CNCC1CNc2ccnn2C1)N1CCc2ccccc2C1. The standard InChI is InChI=1S/C20H29N5/c1-2-19(24-10-8-17-5-3-4-6-18(17)15-24)13-21-11-16-12-22-20-7-9-23-25(20)14-16/h3-7,9,16,19,21-22H,2,8,10-15H2,1H3. The topological polar surface area (TPSA) is 45.1 Å². The third-order valence-corrected chi connectivity index (χ3v) is 5.68. The first kappa shape index (κ1) is 16.6. The Morgan fingerprint density at radius 2 is 2.16 bits per heavy atom. The predicted octanol–water partition coefficient (Wildman–Crippen LogP) is 2.35. The Morgan fingerprint density at radius 1 is 1.28 bits per heavy atom. The molecule has 2 atom stereocenters. The first-order valence-electron chi connectivity index (χ1n) is 9.60. The highest BCUT2D eigenvalue weighted by Gasteiger charge is 2.23. The molecule has 0 radical (unpaired) electrons. The van der Waals surface area contributed by atoms with Crippen molar-refractivity contribution in [1.82, 2.24) is 20.0 Å². The quantitative estimate of drug-likeness (QED) is 0.848. The molecule has 5 nitrogen and oxygen atoms in total. The summed E-state index contributed by atoms with van der Waals surface area (Å²) in [6.45, 7) is 8.75. The molecule has 1 aromatic carbocycles. The zero-order valence-electron chi connectivity index (χ0n) is 15.1. The molecule has 0 bridgehead atoms. The van der Waals surface area contributed by atoms with Gasteiger partial charge in [0.15, 0.2) is 0 Å². The van der Waals surface area contributed by atoms with Crippen molar-refractivity contribution in [1.29, 1.82) is 0 Å². The maximum absolute atomic E-state index is 4.38. The Hall–Kier alpha value is -1.85. The zero-order valence-corrected chi connectivity index (χ0v) is 15.1. The van der Waals surface area contributed by atoms with Crippen molar-refractivity contribution < 1.29 is 0 Å². The lowest BCUT2D eigenvalue weighted by atomic mass is 9.98. The number of anilines is 1. The van der Waals surface area contributed by atoms with Gasteiger partial charge in [-0.05, 0) is 24.0 Å². The van der Waals surface area contributed by atoms with Gasteiger partial charge in [0.1, 0.15) is 5.82 Å². The first-order chi connectivity index (χ1) is 12.3. The molecular weight excluding hydrogens is 310 g/mol. The Morgan fingerprint density at radius 3 is 3.04 bits per heavy atom. The van der Waals surface area contributed by atoms with Gasteiger partial charge in [-0.2, -0.15) is 5.10 Å². The van der Waals surface area contributed by atoms with E-state index in [4.69, 9.17) is 0 Å². The maximum Gasteiger partial charge on any atom is 0.124 e. The molecule has 2 aliphatic heterocycles. The van der Waals surface area contributed by atoms with Crippen LogP contribution in [-0.2, 0) is 19.5 Å². The molecule has 4 rings (SSSR count). The van der Waals surface area contributed by atoms with Crippen LogP contribution in [-0.4, -0.2) is 46.9 Å². The molecule has 1 aromatic heterocycles. The van der Waals surface area contributed by atoms with Crippen LogP contribution in [0.3, 0.4) is 0 Å². The summed E-state index contributed by atoms with van der Waals surface area (Å²) >= 11 is 0. The number of rotatable bonds is 6. The number of benzene rings is 1. The minimum atomic E-state index is 0.604. The molecule has 0 amide bonds. The van der Waals surface area contributed by atoms with Crippen LogP contribution < -0.4 is 10.6 Å². The van der Waals surface area contributed by atoms with E-state index in [1.54, 1.807) is 0 Å². The lowest BCUT2D eigenvalue weighted by molar-refractivity contribution is 0.168. The average molecular weight is 339 g/mol. The van der Waals surface area contributed by atoms with Gasteiger partial charge < -0.3 is 10.6 Å². The Kier molecular flexibility index (Phi) is 5.04. The van der Waals surface area contributed by atoms with Gasteiger partial charge in [-0.15, -0.1) is 0 Å². The van der Waals surface area contributed by atoms with E-state index in [9.17, 15) is 0 Å². The molecule has 5 heteroatoms. The van der Waals surface area contributed by atoms with Gasteiger partial charge in [0, 0.05) is 57.3 Å². The number of hydrogen-bond acceptors (Lipinski definition) is 4. The Balaban J connectivity index is 1.27. The van der Waals surface area contributed by atoms with E-state index < -0.39 is 0 Å². The molecule has 2 unspecified atom stereocenters. The van der Waals surface area contributed by atoms with Gasteiger partial charge in [-0.3, -0.25) is 4.90 Å². The molecule has 0 fully saturated rings. The van der Waals surface area contributed by atoms with E-state index in [0.29, 0.717) is 12.0 Å². The van der Waals surface area contributed by atoms with Gasteiger partial charge in [0.05, 0.1) is 6.20 Å². The van der Waals surface area contributed by atoms with Crippen molar-refractivity contribution in [3.05, 3.63) is 47.7 Å². The van der Waals surface area contributed by atoms with Gasteiger partial charge in [0.25, 0.3) is 0 Å². The molecule has 2 N–H and O–H groups in total. The monoisotopic (exact) mass is 339 g/mol. The number of nitrogens with one attached hydrogen (secondary N) is 2. The summed E-state index contributed by atoms with van der Waals surface area (Å²) in [5.41, 5.74) is 3.04. The normalized spacial score (nSPS) is 21.2. The summed E-state index contributed by atoms with van der Waals surface area (Å²) in [4.78, 5) is 2.65. The molecule has 2 aliphatic rings. The molecule has 134 valence electrons. The molecular formula is C20H29N5. The smallest absolute Gasteiger partial charge is 0.124 e. The largest absolute Gasteiger partial charge is 0.370 e. The fourth-order valence-corrected chi connectivity index (χ4v) is 4.14. The van der Waals surface area contributed by atoms with E-state index in [1.807, 2.05) is 12.3 Å². The summed E-state index contributed by atoms with van der Waals surface area (Å²) in [6, 6.07) is 11.6. The summed E-state index contributed by atoms with van der Waals surface area (Å²) in [5.74, 6) is 1.75. The fraction of sp³-hybridized carbons (Fsp3) is 0.550. The molecule has 0 spiro atoms. The van der Waals surface area contributed by atoms with Gasteiger partial charge in [-0.25, -0.2) is 4.68 Å². The Bertz CT molecular complexity index is 695. The van der Waals surface area contributed by atoms with Crippen LogP contribution in [0.1, 0.15) is 24.5 Å². The second-order valence-electron chi connectivity index (χ2n) is 7.35. The number of aromatic nitrogens is 2.